The highest BCUT2D eigenvalue weighted by Crippen LogP contribution is 2.31. The normalized spacial score (nSPS) is 14.2. The first-order valence-corrected chi connectivity index (χ1v) is 6.08. The highest BCUT2D eigenvalue weighted by Gasteiger charge is 2.22. The molecule has 0 spiro atoms. The van der Waals surface area contributed by atoms with Crippen LogP contribution in [0.25, 0.3) is 10.8 Å². The summed E-state index contributed by atoms with van der Waals surface area (Å²) in [5, 5.41) is 34.6. The number of hydrogen-bond acceptors (Lipinski definition) is 6. The lowest BCUT2D eigenvalue weighted by Gasteiger charge is -2.19. The van der Waals surface area contributed by atoms with Gasteiger partial charge in [-0.05, 0) is 30.1 Å². The van der Waals surface area contributed by atoms with Crippen LogP contribution in [-0.4, -0.2) is 39.8 Å². The van der Waals surface area contributed by atoms with E-state index in [1.807, 2.05) is 0 Å². The van der Waals surface area contributed by atoms with Gasteiger partial charge in [0.25, 0.3) is 5.69 Å². The van der Waals surface area contributed by atoms with E-state index >= 15 is 0 Å². The third kappa shape index (κ3) is 2.60. The molecule has 1 heterocycles. The average molecular weight is 277 g/mol. The Morgan fingerprint density at radius 2 is 2.10 bits per heavy atom. The molecule has 3 N–H and O–H groups in total. The van der Waals surface area contributed by atoms with Gasteiger partial charge in [0, 0.05) is 25.0 Å². The summed E-state index contributed by atoms with van der Waals surface area (Å²) in [7, 11) is 1.66. The van der Waals surface area contributed by atoms with Gasteiger partial charge in [0.15, 0.2) is 0 Å². The molecule has 2 unspecified atom stereocenters. The predicted octanol–water partition coefficient (Wildman–Crippen LogP) is 0.757. The fraction of sp³-hybridized carbons (Fsp3) is 0.308. The molecule has 0 aliphatic heterocycles. The van der Waals surface area contributed by atoms with Crippen LogP contribution >= 0.6 is 0 Å². The molecule has 0 radical (unpaired) electrons. The van der Waals surface area contributed by atoms with E-state index in [9.17, 15) is 20.3 Å². The third-order valence-corrected chi connectivity index (χ3v) is 3.12. The summed E-state index contributed by atoms with van der Waals surface area (Å²) in [6, 6.07) is 4.37. The van der Waals surface area contributed by atoms with Crippen LogP contribution in [0.1, 0.15) is 11.7 Å². The van der Waals surface area contributed by atoms with Gasteiger partial charge in [0.1, 0.15) is 6.10 Å². The van der Waals surface area contributed by atoms with E-state index in [0.29, 0.717) is 16.3 Å². The molecule has 2 aromatic rings. The van der Waals surface area contributed by atoms with Crippen LogP contribution in [0, 0.1) is 10.1 Å². The molecule has 1 aromatic carbocycles. The molecule has 2 atom stereocenters. The Hall–Kier alpha value is -2.09. The number of hydrogen-bond donors (Lipinski definition) is 3. The Morgan fingerprint density at radius 1 is 1.35 bits per heavy atom. The van der Waals surface area contributed by atoms with Crippen molar-refractivity contribution in [3.63, 3.8) is 0 Å². The lowest BCUT2D eigenvalue weighted by Crippen LogP contribution is -2.29. The number of rotatable bonds is 5. The van der Waals surface area contributed by atoms with Gasteiger partial charge >= 0.3 is 0 Å². The standard InChI is InChI=1S/C13H15N3O4/c1-14-7-12(17)13(18)9-2-3-11(16(19)20)10-6-15-5-4-8(9)10/h2-6,12-14,17-18H,7H2,1H3. The minimum atomic E-state index is -1.13. The molecule has 0 saturated heterocycles. The van der Waals surface area contributed by atoms with Crippen molar-refractivity contribution in [2.75, 3.05) is 13.6 Å². The zero-order chi connectivity index (χ0) is 14.7. The van der Waals surface area contributed by atoms with Gasteiger partial charge in [0.2, 0.25) is 0 Å². The van der Waals surface area contributed by atoms with E-state index in [0.717, 1.165) is 0 Å². The minimum Gasteiger partial charge on any atom is -0.389 e. The zero-order valence-corrected chi connectivity index (χ0v) is 10.9. The molecular formula is C13H15N3O4. The number of fused-ring (bicyclic) bond motifs is 1. The van der Waals surface area contributed by atoms with Crippen molar-refractivity contribution < 1.29 is 15.1 Å². The summed E-state index contributed by atoms with van der Waals surface area (Å²) >= 11 is 0. The maximum Gasteiger partial charge on any atom is 0.278 e. The van der Waals surface area contributed by atoms with Crippen LogP contribution in [0.5, 0.6) is 0 Å². The van der Waals surface area contributed by atoms with Crippen molar-refractivity contribution in [3.05, 3.63) is 46.3 Å². The van der Waals surface area contributed by atoms with Crippen molar-refractivity contribution >= 4 is 16.5 Å². The summed E-state index contributed by atoms with van der Waals surface area (Å²) in [5.41, 5.74) is 0.364. The number of nitrogens with one attached hydrogen (secondary N) is 1. The summed E-state index contributed by atoms with van der Waals surface area (Å²) in [6.45, 7) is 0.213. The SMILES string of the molecule is CNCC(O)C(O)c1ccc([N+](=O)[O-])c2cnccc12. The summed E-state index contributed by atoms with van der Waals surface area (Å²) < 4.78 is 0. The number of nitro benzene ring substituents is 1. The zero-order valence-electron chi connectivity index (χ0n) is 10.9. The molecule has 7 heteroatoms. The van der Waals surface area contributed by atoms with E-state index in [1.54, 1.807) is 13.1 Å². The van der Waals surface area contributed by atoms with Crippen molar-refractivity contribution in [1.29, 1.82) is 0 Å². The quantitative estimate of drug-likeness (QED) is 0.550. The first-order chi connectivity index (χ1) is 9.56. The largest absolute Gasteiger partial charge is 0.389 e. The van der Waals surface area contributed by atoms with Gasteiger partial charge in [-0.25, -0.2) is 0 Å². The van der Waals surface area contributed by atoms with Gasteiger partial charge in [-0.3, -0.25) is 15.1 Å². The number of nitro groups is 1. The summed E-state index contributed by atoms with van der Waals surface area (Å²) in [4.78, 5) is 14.4. The Morgan fingerprint density at radius 3 is 2.75 bits per heavy atom. The van der Waals surface area contributed by atoms with Crippen LogP contribution in [0.3, 0.4) is 0 Å². The Balaban J connectivity index is 2.56. The molecule has 20 heavy (non-hydrogen) atoms. The number of pyridine rings is 1. The summed E-state index contributed by atoms with van der Waals surface area (Å²) in [6.07, 6.45) is 0.743. The average Bonchev–Trinajstić information content (AvgIpc) is 2.45. The van der Waals surface area contributed by atoms with Crippen molar-refractivity contribution in [2.45, 2.75) is 12.2 Å². The summed E-state index contributed by atoms with van der Waals surface area (Å²) in [5.74, 6) is 0. The lowest BCUT2D eigenvalue weighted by atomic mass is 9.97. The van der Waals surface area contributed by atoms with E-state index in [1.165, 1.54) is 24.5 Å². The van der Waals surface area contributed by atoms with E-state index in [-0.39, 0.29) is 12.2 Å². The van der Waals surface area contributed by atoms with Crippen molar-refractivity contribution in [1.82, 2.24) is 10.3 Å². The van der Waals surface area contributed by atoms with Gasteiger partial charge in [-0.15, -0.1) is 0 Å². The monoisotopic (exact) mass is 277 g/mol. The molecule has 0 fully saturated rings. The highest BCUT2D eigenvalue weighted by molar-refractivity contribution is 5.92. The van der Waals surface area contributed by atoms with E-state index in [2.05, 4.69) is 10.3 Å². The molecule has 7 nitrogen and oxygen atoms in total. The molecule has 0 bridgehead atoms. The first-order valence-electron chi connectivity index (χ1n) is 6.08. The smallest absolute Gasteiger partial charge is 0.278 e. The van der Waals surface area contributed by atoms with Crippen LogP contribution in [0.15, 0.2) is 30.6 Å². The third-order valence-electron chi connectivity index (χ3n) is 3.12. The Bertz CT molecular complexity index is 632. The lowest BCUT2D eigenvalue weighted by molar-refractivity contribution is -0.383. The Labute approximate surface area is 115 Å². The fourth-order valence-electron chi connectivity index (χ4n) is 2.14. The van der Waals surface area contributed by atoms with Gasteiger partial charge in [-0.1, -0.05) is 0 Å². The predicted molar refractivity (Wildman–Crippen MR) is 73.3 cm³/mol. The van der Waals surface area contributed by atoms with Crippen molar-refractivity contribution in [2.24, 2.45) is 0 Å². The van der Waals surface area contributed by atoms with E-state index < -0.39 is 17.1 Å². The van der Waals surface area contributed by atoms with Crippen LogP contribution in [0.2, 0.25) is 0 Å². The second-order valence-corrected chi connectivity index (χ2v) is 4.42. The molecule has 0 amide bonds. The molecule has 2 rings (SSSR count). The van der Waals surface area contributed by atoms with Crippen molar-refractivity contribution in [3.8, 4) is 0 Å². The fourth-order valence-corrected chi connectivity index (χ4v) is 2.14. The minimum absolute atomic E-state index is 0.0767. The molecular weight excluding hydrogens is 262 g/mol. The molecule has 0 saturated carbocycles. The maximum absolute atomic E-state index is 11.0. The van der Waals surface area contributed by atoms with Gasteiger partial charge in [-0.2, -0.15) is 0 Å². The number of aliphatic hydroxyl groups excluding tert-OH is 2. The van der Waals surface area contributed by atoms with E-state index in [4.69, 9.17) is 0 Å². The number of aliphatic hydroxyl groups is 2. The Kier molecular flexibility index (Phi) is 4.23. The van der Waals surface area contributed by atoms with Gasteiger partial charge in [0.05, 0.1) is 16.4 Å². The van der Waals surface area contributed by atoms with Crippen LogP contribution < -0.4 is 5.32 Å². The molecule has 0 aliphatic carbocycles. The number of benzene rings is 1. The second-order valence-electron chi connectivity index (χ2n) is 4.42. The topological polar surface area (TPSA) is 109 Å². The number of nitrogens with zero attached hydrogens (tertiary/aromatic N) is 2. The highest BCUT2D eigenvalue weighted by atomic mass is 16.6. The molecule has 0 aliphatic rings. The first kappa shape index (κ1) is 14.3. The molecule has 1 aromatic heterocycles. The number of non-ortho nitro benzene ring substituents is 1. The second kappa shape index (κ2) is 5.91. The van der Waals surface area contributed by atoms with Crippen LogP contribution in [0.4, 0.5) is 5.69 Å². The number of aromatic nitrogens is 1. The van der Waals surface area contributed by atoms with Gasteiger partial charge < -0.3 is 15.5 Å². The maximum atomic E-state index is 11.0. The van der Waals surface area contributed by atoms with Crippen LogP contribution in [-0.2, 0) is 0 Å². The molecule has 106 valence electrons. The number of likely N-dealkylation sites (N-methyl/N-ethyl adjacent to an activating group) is 1.